The molecular weight excluding hydrogens is 310 g/mol. The van der Waals surface area contributed by atoms with Gasteiger partial charge in [-0.05, 0) is 18.3 Å². The molecule has 0 aromatic heterocycles. The van der Waals surface area contributed by atoms with Crippen LogP contribution in [-0.2, 0) is 9.59 Å². The van der Waals surface area contributed by atoms with Gasteiger partial charge in [0.25, 0.3) is 0 Å². The Balaban J connectivity index is 4.97. The molecule has 2 atom stereocenters. The number of carbonyl (C=O) groups is 3. The summed E-state index contributed by atoms with van der Waals surface area (Å²) in [4.78, 5) is 35.5. The first-order chi connectivity index (χ1) is 11.2. The van der Waals surface area contributed by atoms with Crippen molar-refractivity contribution < 1.29 is 19.6 Å². The Morgan fingerprint density at radius 1 is 1.21 bits per heavy atom. The quantitative estimate of drug-likeness (QED) is 0.287. The highest BCUT2D eigenvalue weighted by atomic mass is 16.5. The molecule has 0 aromatic carbocycles. The highest BCUT2D eigenvalue weighted by Crippen LogP contribution is 2.16. The van der Waals surface area contributed by atoms with Gasteiger partial charge in [-0.25, -0.2) is 9.86 Å². The lowest BCUT2D eigenvalue weighted by Crippen LogP contribution is -2.52. The van der Waals surface area contributed by atoms with Crippen molar-refractivity contribution in [3.63, 3.8) is 0 Å². The second-order valence-electron chi connectivity index (χ2n) is 6.94. The van der Waals surface area contributed by atoms with Crippen molar-refractivity contribution in [2.24, 2.45) is 17.8 Å². The number of carbonyl (C=O) groups excluding carboxylic acids is 3. The maximum absolute atomic E-state index is 12.8. The minimum Gasteiger partial charge on any atom is -0.338 e. The summed E-state index contributed by atoms with van der Waals surface area (Å²) < 4.78 is 0. The van der Waals surface area contributed by atoms with Crippen molar-refractivity contribution in [2.75, 3.05) is 13.1 Å². The number of nitrogens with zero attached hydrogens (tertiary/aromatic N) is 1. The third-order valence-corrected chi connectivity index (χ3v) is 3.77. The summed E-state index contributed by atoms with van der Waals surface area (Å²) in [7, 11) is 0. The second-order valence-corrected chi connectivity index (χ2v) is 6.94. The molecule has 0 unspecified atom stereocenters. The Kier molecular flexibility index (Phi) is 11.0. The zero-order chi connectivity index (χ0) is 18.7. The number of urea groups is 1. The molecule has 0 fully saturated rings. The van der Waals surface area contributed by atoms with Crippen molar-refractivity contribution in [1.29, 1.82) is 0 Å². The summed E-state index contributed by atoms with van der Waals surface area (Å²) in [6, 6.07) is -1.03. The number of hydroxylamine groups is 2. The Morgan fingerprint density at radius 3 is 2.29 bits per heavy atom. The summed E-state index contributed by atoms with van der Waals surface area (Å²) in [6.45, 7) is 10.2. The van der Waals surface area contributed by atoms with Gasteiger partial charge in [-0.15, -0.1) is 0 Å². The van der Waals surface area contributed by atoms with Gasteiger partial charge in [0.05, 0.1) is 12.6 Å². The molecule has 0 radical (unpaired) electrons. The molecule has 0 aliphatic carbocycles. The van der Waals surface area contributed by atoms with Crippen LogP contribution in [0.15, 0.2) is 0 Å². The molecule has 0 rings (SSSR count). The van der Waals surface area contributed by atoms with Gasteiger partial charge in [-0.2, -0.15) is 0 Å². The molecule has 0 aliphatic heterocycles. The van der Waals surface area contributed by atoms with Gasteiger partial charge in [0.2, 0.25) is 6.41 Å². The molecule has 7 nitrogen and oxygen atoms in total. The van der Waals surface area contributed by atoms with E-state index in [0.717, 1.165) is 12.8 Å². The van der Waals surface area contributed by atoms with Crippen LogP contribution >= 0.6 is 0 Å². The summed E-state index contributed by atoms with van der Waals surface area (Å²) >= 11 is 0. The van der Waals surface area contributed by atoms with Crippen LogP contribution in [0, 0.1) is 17.8 Å². The van der Waals surface area contributed by atoms with Gasteiger partial charge >= 0.3 is 6.03 Å². The van der Waals surface area contributed by atoms with Crippen molar-refractivity contribution >= 4 is 18.2 Å². The number of Topliss-reactive ketones (excluding diaryl/α,β-unsaturated/α-hetero) is 1. The molecular formula is C17H33N3O4. The Hall–Kier alpha value is -1.63. The molecule has 0 aliphatic rings. The largest absolute Gasteiger partial charge is 0.338 e. The van der Waals surface area contributed by atoms with Gasteiger partial charge in [-0.1, -0.05) is 47.5 Å². The molecule has 3 amide bonds. The van der Waals surface area contributed by atoms with Gasteiger partial charge in [0.15, 0.2) is 5.78 Å². The third-order valence-electron chi connectivity index (χ3n) is 3.77. The number of rotatable bonds is 12. The number of unbranched alkanes of at least 4 members (excludes halogenated alkanes) is 1. The van der Waals surface area contributed by atoms with E-state index in [1.165, 1.54) is 0 Å². The second kappa shape index (κ2) is 11.8. The fourth-order valence-corrected chi connectivity index (χ4v) is 2.35. The van der Waals surface area contributed by atoms with Crippen molar-refractivity contribution in [3.05, 3.63) is 0 Å². The normalized spacial score (nSPS) is 13.5. The number of ketones is 1. The van der Waals surface area contributed by atoms with Gasteiger partial charge in [0, 0.05) is 12.5 Å². The van der Waals surface area contributed by atoms with Crippen LogP contribution in [0.1, 0.15) is 53.9 Å². The lowest BCUT2D eigenvalue weighted by Gasteiger charge is -2.27. The fraction of sp³-hybridized carbons (Fsp3) is 0.824. The maximum atomic E-state index is 12.8. The summed E-state index contributed by atoms with van der Waals surface area (Å²) in [5.41, 5.74) is 0. The average molecular weight is 343 g/mol. The molecule has 3 N–H and O–H groups in total. The number of amides is 3. The summed E-state index contributed by atoms with van der Waals surface area (Å²) in [5, 5.41) is 15.4. The van der Waals surface area contributed by atoms with E-state index in [1.807, 2.05) is 34.6 Å². The molecule has 0 bridgehead atoms. The van der Waals surface area contributed by atoms with Crippen LogP contribution in [0.3, 0.4) is 0 Å². The van der Waals surface area contributed by atoms with Crippen LogP contribution in [0.2, 0.25) is 0 Å². The maximum Gasteiger partial charge on any atom is 0.315 e. The number of hydrogen-bond donors (Lipinski definition) is 3. The van der Waals surface area contributed by atoms with E-state index in [0.29, 0.717) is 30.4 Å². The van der Waals surface area contributed by atoms with E-state index >= 15 is 0 Å². The highest BCUT2D eigenvalue weighted by molar-refractivity contribution is 5.90. The molecule has 140 valence electrons. The molecule has 24 heavy (non-hydrogen) atoms. The minimum atomic E-state index is -0.654. The molecule has 0 heterocycles. The van der Waals surface area contributed by atoms with Crippen LogP contribution in [-0.4, -0.2) is 47.6 Å². The van der Waals surface area contributed by atoms with Crippen LogP contribution in [0.5, 0.6) is 0 Å². The first kappa shape index (κ1) is 22.4. The van der Waals surface area contributed by atoms with E-state index in [4.69, 9.17) is 0 Å². The minimum absolute atomic E-state index is 0.0547. The topological polar surface area (TPSA) is 98.7 Å². The lowest BCUT2D eigenvalue weighted by molar-refractivity contribution is -0.154. The van der Waals surface area contributed by atoms with Crippen LogP contribution < -0.4 is 10.6 Å². The van der Waals surface area contributed by atoms with E-state index in [-0.39, 0.29) is 24.3 Å². The number of nitrogens with one attached hydrogen (secondary N) is 2. The monoisotopic (exact) mass is 343 g/mol. The van der Waals surface area contributed by atoms with E-state index in [1.54, 1.807) is 0 Å². The van der Waals surface area contributed by atoms with Crippen molar-refractivity contribution in [2.45, 2.75) is 59.9 Å². The molecule has 0 saturated heterocycles. The molecule has 0 aromatic rings. The van der Waals surface area contributed by atoms with E-state index in [9.17, 15) is 19.6 Å². The summed E-state index contributed by atoms with van der Waals surface area (Å²) in [5.74, 6) is -0.427. The van der Waals surface area contributed by atoms with Gasteiger partial charge in [0.1, 0.15) is 0 Å². The van der Waals surface area contributed by atoms with E-state index < -0.39 is 12.0 Å². The predicted octanol–water partition coefficient (Wildman–Crippen LogP) is 2.19. The van der Waals surface area contributed by atoms with Crippen molar-refractivity contribution in [3.8, 4) is 0 Å². The van der Waals surface area contributed by atoms with Crippen LogP contribution in [0.4, 0.5) is 4.79 Å². The Labute approximate surface area is 145 Å². The Bertz CT molecular complexity index is 399. The number of hydrogen-bond acceptors (Lipinski definition) is 4. The van der Waals surface area contributed by atoms with Crippen molar-refractivity contribution in [1.82, 2.24) is 15.7 Å². The SMILES string of the molecule is CCCC[C@H](CN(O)C=O)C(=O)[C@@H](NC(=O)NCC(C)C)C(C)C. The average Bonchev–Trinajstić information content (AvgIpc) is 2.53. The first-order valence-corrected chi connectivity index (χ1v) is 8.71. The molecule has 0 spiro atoms. The first-order valence-electron chi connectivity index (χ1n) is 8.71. The third kappa shape index (κ3) is 8.86. The summed E-state index contributed by atoms with van der Waals surface area (Å²) in [6.07, 6.45) is 2.58. The zero-order valence-electron chi connectivity index (χ0n) is 15.5. The lowest BCUT2D eigenvalue weighted by atomic mass is 9.87. The van der Waals surface area contributed by atoms with E-state index in [2.05, 4.69) is 10.6 Å². The smallest absolute Gasteiger partial charge is 0.315 e. The van der Waals surface area contributed by atoms with Gasteiger partial charge < -0.3 is 10.6 Å². The predicted molar refractivity (Wildman–Crippen MR) is 92.6 cm³/mol. The highest BCUT2D eigenvalue weighted by Gasteiger charge is 2.31. The fourth-order valence-electron chi connectivity index (χ4n) is 2.35. The molecule has 7 heteroatoms. The molecule has 0 saturated carbocycles. The van der Waals surface area contributed by atoms with Gasteiger partial charge in [-0.3, -0.25) is 14.8 Å². The standard InChI is InChI=1S/C17H33N3O4/c1-6-7-8-14(10-20(24)11-21)16(22)15(13(4)5)19-17(23)18-9-12(2)3/h11-15,24H,6-10H2,1-5H3,(H2,18,19,23)/t14-,15+/m1/s1. The zero-order valence-corrected chi connectivity index (χ0v) is 15.5. The Morgan fingerprint density at radius 2 is 1.83 bits per heavy atom. The van der Waals surface area contributed by atoms with Crippen LogP contribution in [0.25, 0.3) is 0 Å².